The van der Waals surface area contributed by atoms with Gasteiger partial charge >= 0.3 is 0 Å². The molecule has 0 amide bonds. The zero-order valence-electron chi connectivity index (χ0n) is 7.60. The number of carbonyl (C=O) groups is 1. The molecule has 0 aliphatic heterocycles. The number of fused-ring (bicyclic) bond motifs is 1. The van der Waals surface area contributed by atoms with Crippen molar-refractivity contribution in [1.29, 1.82) is 0 Å². The van der Waals surface area contributed by atoms with E-state index in [9.17, 15) is 9.59 Å². The number of hydrogen-bond donors (Lipinski definition) is 0. The normalized spacial score (nSPS) is 10.4. The zero-order valence-corrected chi connectivity index (χ0v) is 8.41. The fraction of sp³-hybridized carbons (Fsp3) is 0.100. The van der Waals surface area contributed by atoms with Gasteiger partial charge in [0.25, 0.3) is 11.5 Å². The highest BCUT2D eigenvalue weighted by Crippen LogP contribution is 2.22. The van der Waals surface area contributed by atoms with Crippen LogP contribution in [0.2, 0.25) is 0 Å². The number of rotatable bonds is 4. The van der Waals surface area contributed by atoms with Crippen LogP contribution in [0.25, 0.3) is 11.1 Å². The second kappa shape index (κ2) is 4.27. The second-order valence-electron chi connectivity index (χ2n) is 2.76. The summed E-state index contributed by atoms with van der Waals surface area (Å²) >= 11 is 1.09. The van der Waals surface area contributed by atoms with Crippen molar-refractivity contribution in [2.24, 2.45) is 0 Å². The number of benzene rings is 1. The quantitative estimate of drug-likeness (QED) is 0.578. The van der Waals surface area contributed by atoms with E-state index in [4.69, 9.17) is 4.42 Å². The summed E-state index contributed by atoms with van der Waals surface area (Å²) in [5.41, 5.74) is 1.41. The topological polar surface area (TPSA) is 60.2 Å². The Labute approximate surface area is 89.7 Å². The summed E-state index contributed by atoms with van der Waals surface area (Å²) < 4.78 is 5.33. The molecule has 0 aliphatic rings. The fourth-order valence-corrected chi connectivity index (χ4v) is 1.69. The van der Waals surface area contributed by atoms with Crippen molar-refractivity contribution in [3.05, 3.63) is 24.3 Å². The van der Waals surface area contributed by atoms with Gasteiger partial charge in [-0.15, -0.1) is 0 Å². The summed E-state index contributed by atoms with van der Waals surface area (Å²) in [7, 11) is 0. The molecular weight excluding hydrogens is 214 g/mol. The Morgan fingerprint density at radius 1 is 1.47 bits per heavy atom. The van der Waals surface area contributed by atoms with Crippen molar-refractivity contribution in [3.63, 3.8) is 0 Å². The largest absolute Gasteiger partial charge is 0.431 e. The summed E-state index contributed by atoms with van der Waals surface area (Å²) in [4.78, 5) is 24.8. The molecule has 4 nitrogen and oxygen atoms in total. The highest BCUT2D eigenvalue weighted by atomic mass is 32.2. The van der Waals surface area contributed by atoms with Crippen LogP contribution in [-0.2, 0) is 9.59 Å². The monoisotopic (exact) mass is 220 g/mol. The number of para-hydroxylation sites is 2. The molecule has 1 heterocycles. The number of Topliss-reactive ketones (excluding diaryl/α,β-unsaturated/α-hetero) is 1. The molecule has 15 heavy (non-hydrogen) atoms. The molecule has 2 rings (SSSR count). The highest BCUT2D eigenvalue weighted by molar-refractivity contribution is 7.99. The summed E-state index contributed by atoms with van der Waals surface area (Å²) in [5, 5.41) is 0.389. The van der Waals surface area contributed by atoms with E-state index in [0.29, 0.717) is 10.8 Å². The number of ketones is 1. The summed E-state index contributed by atoms with van der Waals surface area (Å²) in [5.74, 6) is -0.585. The molecule has 0 atom stereocenters. The molecule has 0 N–H and O–H groups in total. The fourth-order valence-electron chi connectivity index (χ4n) is 1.07. The Kier molecular flexibility index (Phi) is 2.82. The first kappa shape index (κ1) is 9.92. The van der Waals surface area contributed by atoms with Crippen LogP contribution in [0.5, 0.6) is 0 Å². The summed E-state index contributed by atoms with van der Waals surface area (Å²) in [6.45, 7) is 0. The van der Waals surface area contributed by atoms with Gasteiger partial charge in [-0.25, -0.2) is 4.98 Å². The molecule has 1 aromatic carbocycles. The van der Waals surface area contributed by atoms with Gasteiger partial charge in [0, 0.05) is 0 Å². The average molecular weight is 220 g/mol. The van der Waals surface area contributed by atoms with E-state index >= 15 is 0 Å². The first-order chi connectivity index (χ1) is 7.29. The van der Waals surface area contributed by atoms with E-state index in [-0.39, 0.29) is 5.75 Å². The molecule has 75 valence electrons. The van der Waals surface area contributed by atoms with Crippen molar-refractivity contribution in [1.82, 2.24) is 4.98 Å². The Bertz CT molecular complexity index is 473. The Balaban J connectivity index is 2.15. The van der Waals surface area contributed by atoms with Gasteiger partial charge in [-0.2, -0.15) is 0 Å². The molecule has 0 fully saturated rings. The van der Waals surface area contributed by atoms with Crippen molar-refractivity contribution in [3.8, 4) is 0 Å². The van der Waals surface area contributed by atoms with Crippen LogP contribution < -0.4 is 0 Å². The SMILES string of the molecule is O=[C]C(=O)CSc1nc2ccccc2o1. The van der Waals surface area contributed by atoms with Gasteiger partial charge in [0.2, 0.25) is 5.78 Å². The second-order valence-corrected chi connectivity index (χ2v) is 3.69. The van der Waals surface area contributed by atoms with Crippen molar-refractivity contribution >= 4 is 34.9 Å². The van der Waals surface area contributed by atoms with Crippen molar-refractivity contribution in [2.75, 3.05) is 5.75 Å². The molecule has 1 radical (unpaired) electrons. The molecule has 0 spiro atoms. The molecule has 0 bridgehead atoms. The minimum atomic E-state index is -0.595. The third kappa shape index (κ3) is 2.24. The minimum absolute atomic E-state index is 0.0102. The maximum Gasteiger partial charge on any atom is 0.273 e. The van der Waals surface area contributed by atoms with Gasteiger partial charge in [0.1, 0.15) is 5.52 Å². The van der Waals surface area contributed by atoms with Crippen LogP contribution in [0.3, 0.4) is 0 Å². The van der Waals surface area contributed by atoms with E-state index in [1.807, 2.05) is 18.2 Å². The lowest BCUT2D eigenvalue weighted by Gasteiger charge is -1.87. The van der Waals surface area contributed by atoms with Crippen molar-refractivity contribution in [2.45, 2.75) is 5.22 Å². The Hall–Kier alpha value is -1.62. The number of nitrogens with zero attached hydrogens (tertiary/aromatic N) is 1. The van der Waals surface area contributed by atoms with Crippen molar-refractivity contribution < 1.29 is 14.0 Å². The first-order valence-corrected chi connectivity index (χ1v) is 5.17. The molecule has 0 saturated heterocycles. The standard InChI is InChI=1S/C10H6NO3S/c12-5-7(13)6-15-10-11-8-3-1-2-4-9(8)14-10/h1-4H,6H2. The highest BCUT2D eigenvalue weighted by Gasteiger charge is 2.08. The minimum Gasteiger partial charge on any atom is -0.431 e. The summed E-state index contributed by atoms with van der Waals surface area (Å²) in [6, 6.07) is 7.30. The van der Waals surface area contributed by atoms with Gasteiger partial charge in [0.15, 0.2) is 5.58 Å². The molecule has 2 aromatic rings. The van der Waals surface area contributed by atoms with E-state index < -0.39 is 5.78 Å². The zero-order chi connectivity index (χ0) is 10.7. The molecule has 0 saturated carbocycles. The molecule has 0 unspecified atom stereocenters. The Morgan fingerprint density at radius 2 is 2.27 bits per heavy atom. The van der Waals surface area contributed by atoms with Crippen LogP contribution in [0.15, 0.2) is 33.9 Å². The number of hydrogen-bond acceptors (Lipinski definition) is 5. The lowest BCUT2D eigenvalue weighted by molar-refractivity contribution is -0.110. The molecule has 0 aliphatic carbocycles. The van der Waals surface area contributed by atoms with Gasteiger partial charge < -0.3 is 4.42 Å². The maximum absolute atomic E-state index is 10.7. The third-order valence-corrected chi connectivity index (χ3v) is 2.54. The average Bonchev–Trinajstić information content (AvgIpc) is 2.68. The molecule has 1 aromatic heterocycles. The van der Waals surface area contributed by atoms with Gasteiger partial charge in [-0.3, -0.25) is 9.59 Å². The van der Waals surface area contributed by atoms with Crippen LogP contribution in [0.1, 0.15) is 0 Å². The number of aromatic nitrogens is 1. The predicted molar refractivity (Wildman–Crippen MR) is 55.4 cm³/mol. The molecular formula is C10H6NO3S. The van der Waals surface area contributed by atoms with Gasteiger partial charge in [-0.1, -0.05) is 23.9 Å². The van der Waals surface area contributed by atoms with Crippen LogP contribution >= 0.6 is 11.8 Å². The summed E-state index contributed by atoms with van der Waals surface area (Å²) in [6.07, 6.45) is 1.29. The van der Waals surface area contributed by atoms with Crippen LogP contribution in [0.4, 0.5) is 0 Å². The van der Waals surface area contributed by atoms with Gasteiger partial charge in [0.05, 0.1) is 5.75 Å². The van der Waals surface area contributed by atoms with E-state index in [2.05, 4.69) is 4.98 Å². The number of oxazole rings is 1. The first-order valence-electron chi connectivity index (χ1n) is 4.19. The maximum atomic E-state index is 10.7. The van der Waals surface area contributed by atoms with E-state index in [1.54, 1.807) is 6.07 Å². The third-order valence-electron chi connectivity index (χ3n) is 1.71. The number of thioether (sulfide) groups is 1. The van der Waals surface area contributed by atoms with E-state index in [1.165, 1.54) is 6.29 Å². The number of carbonyl (C=O) groups excluding carboxylic acids is 2. The lowest BCUT2D eigenvalue weighted by Crippen LogP contribution is -2.01. The van der Waals surface area contributed by atoms with Crippen LogP contribution in [-0.4, -0.2) is 22.8 Å². The molecule has 5 heteroatoms. The van der Waals surface area contributed by atoms with E-state index in [0.717, 1.165) is 17.3 Å². The lowest BCUT2D eigenvalue weighted by atomic mass is 10.3. The predicted octanol–water partition coefficient (Wildman–Crippen LogP) is 1.60. The van der Waals surface area contributed by atoms with Gasteiger partial charge in [-0.05, 0) is 12.1 Å². The smallest absolute Gasteiger partial charge is 0.273 e. The van der Waals surface area contributed by atoms with Crippen LogP contribution in [0, 0.1) is 0 Å². The Morgan fingerprint density at radius 3 is 3.00 bits per heavy atom.